The van der Waals surface area contributed by atoms with Crippen LogP contribution in [0.1, 0.15) is 18.4 Å². The van der Waals surface area contributed by atoms with Crippen LogP contribution in [0.2, 0.25) is 0 Å². The monoisotopic (exact) mass is 267 g/mol. The third-order valence-electron chi connectivity index (χ3n) is 2.23. The fourth-order valence-electron chi connectivity index (χ4n) is 1.45. The number of halogens is 1. The summed E-state index contributed by atoms with van der Waals surface area (Å²) < 4.78 is 1.02. The van der Waals surface area contributed by atoms with E-state index in [1.165, 1.54) is 24.8 Å². The van der Waals surface area contributed by atoms with Gasteiger partial charge in [-0.25, -0.2) is 0 Å². The molecule has 0 spiro atoms. The van der Waals surface area contributed by atoms with E-state index in [0.29, 0.717) is 0 Å². The Balaban J connectivity index is 2.00. The highest BCUT2D eigenvalue weighted by molar-refractivity contribution is 9.11. The second-order valence-corrected chi connectivity index (χ2v) is 4.76. The molecule has 82 valence electrons. The normalized spacial score (nSPS) is 10.2. The van der Waals surface area contributed by atoms with E-state index >= 15 is 0 Å². The van der Waals surface area contributed by atoms with Crippen LogP contribution in [0.25, 0.3) is 0 Å². The van der Waals surface area contributed by atoms with Gasteiger partial charge in [0.2, 0.25) is 0 Å². The lowest BCUT2D eigenvalue weighted by atomic mass is 10.1. The Labute approximate surface area is 101 Å². The zero-order valence-electron chi connectivity index (χ0n) is 9.01. The van der Waals surface area contributed by atoms with Crippen molar-refractivity contribution in [3.8, 4) is 0 Å². The summed E-state index contributed by atoms with van der Waals surface area (Å²) in [6.07, 6.45) is 3.64. The highest BCUT2D eigenvalue weighted by Gasteiger charge is 1.92. The molecule has 0 unspecified atom stereocenters. The van der Waals surface area contributed by atoms with Crippen molar-refractivity contribution in [3.05, 3.63) is 47.0 Å². The molecule has 0 aliphatic carbocycles. The van der Waals surface area contributed by atoms with Crippen LogP contribution in [0.15, 0.2) is 41.4 Å². The van der Waals surface area contributed by atoms with Gasteiger partial charge in [0.25, 0.3) is 0 Å². The SMILES string of the molecule is C=C(Br)CNCCCCc1ccccc1. The first-order valence-electron chi connectivity index (χ1n) is 5.37. The quantitative estimate of drug-likeness (QED) is 0.746. The third-order valence-corrected chi connectivity index (χ3v) is 2.51. The third kappa shape index (κ3) is 6.47. The van der Waals surface area contributed by atoms with E-state index in [1.54, 1.807) is 0 Å². The number of unbranched alkanes of at least 4 members (excludes halogenated alkanes) is 1. The molecule has 1 rings (SSSR count). The van der Waals surface area contributed by atoms with Crippen LogP contribution in [0.3, 0.4) is 0 Å². The summed E-state index contributed by atoms with van der Waals surface area (Å²) in [7, 11) is 0. The molecule has 0 aromatic heterocycles. The van der Waals surface area contributed by atoms with Gasteiger partial charge in [0, 0.05) is 11.0 Å². The molecule has 0 atom stereocenters. The Hall–Kier alpha value is -0.600. The molecule has 1 nitrogen and oxygen atoms in total. The summed E-state index contributed by atoms with van der Waals surface area (Å²) in [5.74, 6) is 0. The molecule has 0 saturated carbocycles. The van der Waals surface area contributed by atoms with E-state index in [2.05, 4.69) is 58.2 Å². The van der Waals surface area contributed by atoms with Crippen LogP contribution in [-0.4, -0.2) is 13.1 Å². The number of aryl methyl sites for hydroxylation is 1. The van der Waals surface area contributed by atoms with Crippen LogP contribution in [-0.2, 0) is 6.42 Å². The average Bonchev–Trinajstić information content (AvgIpc) is 2.24. The molecule has 1 aromatic rings. The fourth-order valence-corrected chi connectivity index (χ4v) is 1.65. The van der Waals surface area contributed by atoms with Crippen molar-refractivity contribution in [3.63, 3.8) is 0 Å². The molecule has 0 fully saturated rings. The van der Waals surface area contributed by atoms with Crippen molar-refractivity contribution in [2.24, 2.45) is 0 Å². The van der Waals surface area contributed by atoms with Gasteiger partial charge in [0.1, 0.15) is 0 Å². The highest BCUT2D eigenvalue weighted by Crippen LogP contribution is 2.04. The van der Waals surface area contributed by atoms with Gasteiger partial charge in [-0.3, -0.25) is 0 Å². The van der Waals surface area contributed by atoms with Crippen LogP contribution < -0.4 is 5.32 Å². The van der Waals surface area contributed by atoms with Crippen LogP contribution in [0, 0.1) is 0 Å². The summed E-state index contributed by atoms with van der Waals surface area (Å²) in [4.78, 5) is 0. The molecule has 0 aliphatic rings. The molecule has 2 heteroatoms. The summed E-state index contributed by atoms with van der Waals surface area (Å²) in [6, 6.07) is 10.6. The largest absolute Gasteiger partial charge is 0.312 e. The van der Waals surface area contributed by atoms with Gasteiger partial charge in [0.05, 0.1) is 0 Å². The molecule has 15 heavy (non-hydrogen) atoms. The lowest BCUT2D eigenvalue weighted by molar-refractivity contribution is 0.654. The number of hydrogen-bond donors (Lipinski definition) is 1. The number of nitrogens with one attached hydrogen (secondary N) is 1. The van der Waals surface area contributed by atoms with Gasteiger partial charge < -0.3 is 5.32 Å². The predicted octanol–water partition coefficient (Wildman–Crippen LogP) is 3.51. The predicted molar refractivity (Wildman–Crippen MR) is 70.3 cm³/mol. The summed E-state index contributed by atoms with van der Waals surface area (Å²) in [6.45, 7) is 5.71. The lowest BCUT2D eigenvalue weighted by Gasteiger charge is -2.03. The molecule has 0 aliphatic heterocycles. The minimum absolute atomic E-state index is 0.866. The Bertz CT molecular complexity index is 282. The van der Waals surface area contributed by atoms with E-state index in [4.69, 9.17) is 0 Å². The zero-order chi connectivity index (χ0) is 10.9. The van der Waals surface area contributed by atoms with Gasteiger partial charge in [-0.15, -0.1) is 0 Å². The molecule has 0 bridgehead atoms. The van der Waals surface area contributed by atoms with Crippen molar-refractivity contribution < 1.29 is 0 Å². The smallest absolute Gasteiger partial charge is 0.0265 e. The maximum absolute atomic E-state index is 3.77. The van der Waals surface area contributed by atoms with Crippen molar-refractivity contribution in [1.29, 1.82) is 0 Å². The fraction of sp³-hybridized carbons (Fsp3) is 0.385. The molecule has 0 radical (unpaired) electrons. The van der Waals surface area contributed by atoms with Crippen molar-refractivity contribution in [1.82, 2.24) is 5.32 Å². The van der Waals surface area contributed by atoms with E-state index in [0.717, 1.165) is 17.6 Å². The van der Waals surface area contributed by atoms with Gasteiger partial charge in [-0.1, -0.05) is 52.8 Å². The summed E-state index contributed by atoms with van der Waals surface area (Å²) >= 11 is 3.32. The first kappa shape index (κ1) is 12.5. The standard InChI is InChI=1S/C13H18BrN/c1-12(14)11-15-10-6-5-9-13-7-3-2-4-8-13/h2-4,7-8,15H,1,5-6,9-11H2. The Kier molecular flexibility index (Phi) is 6.37. The molecular formula is C13H18BrN. The second kappa shape index (κ2) is 7.66. The van der Waals surface area contributed by atoms with Crippen molar-refractivity contribution >= 4 is 15.9 Å². The number of benzene rings is 1. The Morgan fingerprint density at radius 3 is 2.60 bits per heavy atom. The Morgan fingerprint density at radius 1 is 1.20 bits per heavy atom. The number of rotatable bonds is 7. The second-order valence-electron chi connectivity index (χ2n) is 3.64. The maximum Gasteiger partial charge on any atom is 0.0265 e. The molecule has 1 N–H and O–H groups in total. The molecule has 0 heterocycles. The maximum atomic E-state index is 3.77. The van der Waals surface area contributed by atoms with E-state index in [-0.39, 0.29) is 0 Å². The van der Waals surface area contributed by atoms with E-state index < -0.39 is 0 Å². The minimum Gasteiger partial charge on any atom is -0.312 e. The summed E-state index contributed by atoms with van der Waals surface area (Å²) in [5.41, 5.74) is 1.43. The van der Waals surface area contributed by atoms with Gasteiger partial charge >= 0.3 is 0 Å². The minimum atomic E-state index is 0.866. The van der Waals surface area contributed by atoms with Crippen LogP contribution in [0.4, 0.5) is 0 Å². The molecule has 0 saturated heterocycles. The lowest BCUT2D eigenvalue weighted by Crippen LogP contribution is -2.16. The van der Waals surface area contributed by atoms with Crippen molar-refractivity contribution in [2.75, 3.05) is 13.1 Å². The van der Waals surface area contributed by atoms with Gasteiger partial charge in [0.15, 0.2) is 0 Å². The van der Waals surface area contributed by atoms with Crippen LogP contribution >= 0.6 is 15.9 Å². The Morgan fingerprint density at radius 2 is 1.93 bits per heavy atom. The zero-order valence-corrected chi connectivity index (χ0v) is 10.6. The molecular weight excluding hydrogens is 250 g/mol. The topological polar surface area (TPSA) is 12.0 Å². The van der Waals surface area contributed by atoms with Gasteiger partial charge in [-0.2, -0.15) is 0 Å². The van der Waals surface area contributed by atoms with Crippen molar-refractivity contribution in [2.45, 2.75) is 19.3 Å². The highest BCUT2D eigenvalue weighted by atomic mass is 79.9. The van der Waals surface area contributed by atoms with E-state index in [1.807, 2.05) is 0 Å². The first-order valence-corrected chi connectivity index (χ1v) is 6.16. The van der Waals surface area contributed by atoms with Gasteiger partial charge in [-0.05, 0) is 31.4 Å². The first-order chi connectivity index (χ1) is 7.29. The number of hydrogen-bond acceptors (Lipinski definition) is 1. The molecule has 1 aromatic carbocycles. The summed E-state index contributed by atoms with van der Waals surface area (Å²) in [5, 5.41) is 3.32. The average molecular weight is 268 g/mol. The van der Waals surface area contributed by atoms with E-state index in [9.17, 15) is 0 Å². The molecule has 0 amide bonds. The van der Waals surface area contributed by atoms with Crippen LogP contribution in [0.5, 0.6) is 0 Å².